The largest absolute Gasteiger partial charge is 0.368 e. The van der Waals surface area contributed by atoms with Gasteiger partial charge in [0.25, 0.3) is 0 Å². The third kappa shape index (κ3) is 3.56. The van der Waals surface area contributed by atoms with Crippen LogP contribution in [-0.4, -0.2) is 35.8 Å². The summed E-state index contributed by atoms with van der Waals surface area (Å²) in [5.41, 5.74) is 12.0. The van der Waals surface area contributed by atoms with Gasteiger partial charge in [-0.3, -0.25) is 9.59 Å². The van der Waals surface area contributed by atoms with Gasteiger partial charge in [-0.2, -0.15) is 0 Å². The molecule has 5 nitrogen and oxygen atoms in total. The van der Waals surface area contributed by atoms with E-state index >= 15 is 0 Å². The fourth-order valence-corrected chi connectivity index (χ4v) is 1.60. The molecule has 0 heterocycles. The van der Waals surface area contributed by atoms with Gasteiger partial charge in [0.1, 0.15) is 6.04 Å². The van der Waals surface area contributed by atoms with Crippen molar-refractivity contribution in [3.05, 3.63) is 35.9 Å². The zero-order valence-electron chi connectivity index (χ0n) is 10.7. The molecule has 0 spiro atoms. The lowest BCUT2D eigenvalue weighted by molar-refractivity contribution is -0.138. The summed E-state index contributed by atoms with van der Waals surface area (Å²) in [6, 6.07) is 8.18. The second kappa shape index (κ2) is 6.16. The number of carbonyl (C=O) groups excluding carboxylic acids is 2. The zero-order chi connectivity index (χ0) is 13.7. The molecule has 5 heteroatoms. The quantitative estimate of drug-likeness (QED) is 0.763. The van der Waals surface area contributed by atoms with Crippen molar-refractivity contribution in [2.45, 2.75) is 25.4 Å². The Hall–Kier alpha value is -1.88. The lowest BCUT2D eigenvalue weighted by atomic mass is 10.1. The minimum absolute atomic E-state index is 0.287. The molecule has 0 radical (unpaired) electrons. The molecule has 1 aromatic rings. The average Bonchev–Trinajstić information content (AvgIpc) is 2.37. The highest BCUT2D eigenvalue weighted by Gasteiger charge is 2.24. The number of amides is 2. The highest BCUT2D eigenvalue weighted by atomic mass is 16.2. The minimum Gasteiger partial charge on any atom is -0.368 e. The number of rotatable bonds is 5. The number of benzene rings is 1. The zero-order valence-corrected chi connectivity index (χ0v) is 10.7. The Bertz CT molecular complexity index is 420. The molecule has 0 fully saturated rings. The van der Waals surface area contributed by atoms with Gasteiger partial charge in [0.15, 0.2) is 0 Å². The van der Waals surface area contributed by atoms with Gasteiger partial charge in [-0.15, -0.1) is 0 Å². The fraction of sp³-hybridized carbons (Fsp3) is 0.385. The van der Waals surface area contributed by atoms with Crippen LogP contribution in [-0.2, 0) is 16.0 Å². The predicted octanol–water partition coefficient (Wildman–Crippen LogP) is -0.111. The Morgan fingerprint density at radius 2 is 1.83 bits per heavy atom. The molecule has 0 bridgehead atoms. The second-order valence-electron chi connectivity index (χ2n) is 4.32. The van der Waals surface area contributed by atoms with Crippen LogP contribution in [0.4, 0.5) is 0 Å². The molecule has 0 aliphatic carbocycles. The summed E-state index contributed by atoms with van der Waals surface area (Å²) < 4.78 is 0. The first-order valence-corrected chi connectivity index (χ1v) is 5.79. The lowest BCUT2D eigenvalue weighted by Crippen LogP contribution is -2.50. The van der Waals surface area contributed by atoms with Gasteiger partial charge in [-0.25, -0.2) is 0 Å². The van der Waals surface area contributed by atoms with E-state index in [1.165, 1.54) is 11.9 Å². The molecule has 2 amide bonds. The molecule has 4 N–H and O–H groups in total. The topological polar surface area (TPSA) is 89.4 Å². The van der Waals surface area contributed by atoms with Crippen molar-refractivity contribution in [2.75, 3.05) is 7.05 Å². The van der Waals surface area contributed by atoms with E-state index in [9.17, 15) is 9.59 Å². The summed E-state index contributed by atoms with van der Waals surface area (Å²) in [6.45, 7) is 1.58. The minimum atomic E-state index is -0.667. The maximum atomic E-state index is 12.0. The Morgan fingerprint density at radius 1 is 1.28 bits per heavy atom. The monoisotopic (exact) mass is 249 g/mol. The molecule has 1 aromatic carbocycles. The summed E-state index contributed by atoms with van der Waals surface area (Å²) in [7, 11) is 1.53. The van der Waals surface area contributed by atoms with Crippen molar-refractivity contribution in [3.8, 4) is 0 Å². The predicted molar refractivity (Wildman–Crippen MR) is 69.5 cm³/mol. The first-order valence-electron chi connectivity index (χ1n) is 5.79. The number of likely N-dealkylation sites (N-methyl/N-ethyl adjacent to an activating group) is 1. The fourth-order valence-electron chi connectivity index (χ4n) is 1.60. The van der Waals surface area contributed by atoms with E-state index in [0.717, 1.165) is 5.56 Å². The second-order valence-corrected chi connectivity index (χ2v) is 4.32. The Kier molecular flexibility index (Phi) is 4.85. The van der Waals surface area contributed by atoms with Crippen LogP contribution in [0.15, 0.2) is 30.3 Å². The summed E-state index contributed by atoms with van der Waals surface area (Å²) in [6.07, 6.45) is 0.440. The standard InChI is InChI=1S/C13H19N3O2/c1-9(12(15)17)16(2)13(18)11(14)8-10-6-4-3-5-7-10/h3-7,9,11H,8,14H2,1-2H3,(H2,15,17)/t9-,11-/m0/s1. The first kappa shape index (κ1) is 14.2. The van der Waals surface area contributed by atoms with Gasteiger partial charge < -0.3 is 16.4 Å². The molecule has 2 atom stereocenters. The van der Waals surface area contributed by atoms with E-state index in [4.69, 9.17) is 11.5 Å². The Morgan fingerprint density at radius 3 is 2.33 bits per heavy atom. The summed E-state index contributed by atoms with van der Waals surface area (Å²) >= 11 is 0. The van der Waals surface area contributed by atoms with Crippen LogP contribution in [0.1, 0.15) is 12.5 Å². The van der Waals surface area contributed by atoms with Gasteiger partial charge in [0, 0.05) is 7.05 Å². The molecule has 1 rings (SSSR count). The molecule has 98 valence electrons. The van der Waals surface area contributed by atoms with Crippen molar-refractivity contribution in [3.63, 3.8) is 0 Å². The van der Waals surface area contributed by atoms with Gasteiger partial charge >= 0.3 is 0 Å². The SMILES string of the molecule is C[C@@H](C(N)=O)N(C)C(=O)[C@@H](N)Cc1ccccc1. The molecule has 0 unspecified atom stereocenters. The molecule has 0 aliphatic rings. The Labute approximate surface area is 107 Å². The van der Waals surface area contributed by atoms with Crippen molar-refractivity contribution >= 4 is 11.8 Å². The van der Waals surface area contributed by atoms with Gasteiger partial charge in [0.2, 0.25) is 11.8 Å². The number of hydrogen-bond acceptors (Lipinski definition) is 3. The van der Waals surface area contributed by atoms with Crippen molar-refractivity contribution in [1.29, 1.82) is 0 Å². The van der Waals surface area contributed by atoms with Crippen LogP contribution in [0.3, 0.4) is 0 Å². The number of hydrogen-bond donors (Lipinski definition) is 2. The Balaban J connectivity index is 2.64. The van der Waals surface area contributed by atoms with Gasteiger partial charge in [-0.1, -0.05) is 30.3 Å². The van der Waals surface area contributed by atoms with Gasteiger partial charge in [-0.05, 0) is 18.9 Å². The van der Waals surface area contributed by atoms with Crippen molar-refractivity contribution in [2.24, 2.45) is 11.5 Å². The van der Waals surface area contributed by atoms with Crippen LogP contribution in [0.5, 0.6) is 0 Å². The number of primary amides is 1. The van der Waals surface area contributed by atoms with E-state index in [-0.39, 0.29) is 5.91 Å². The smallest absolute Gasteiger partial charge is 0.240 e. The molecular formula is C13H19N3O2. The maximum absolute atomic E-state index is 12.0. The molecule has 0 saturated carbocycles. The molecule has 18 heavy (non-hydrogen) atoms. The maximum Gasteiger partial charge on any atom is 0.240 e. The van der Waals surface area contributed by atoms with E-state index in [2.05, 4.69) is 0 Å². The first-order chi connectivity index (χ1) is 8.43. The highest BCUT2D eigenvalue weighted by molar-refractivity contribution is 5.88. The van der Waals surface area contributed by atoms with Crippen LogP contribution >= 0.6 is 0 Å². The van der Waals surface area contributed by atoms with E-state index in [1.54, 1.807) is 6.92 Å². The molecule has 0 saturated heterocycles. The molecule has 0 aliphatic heterocycles. The number of nitrogens with zero attached hydrogens (tertiary/aromatic N) is 1. The normalized spacial score (nSPS) is 13.7. The van der Waals surface area contributed by atoms with E-state index in [1.807, 2.05) is 30.3 Å². The van der Waals surface area contributed by atoms with Crippen LogP contribution in [0.25, 0.3) is 0 Å². The molecule has 0 aromatic heterocycles. The summed E-state index contributed by atoms with van der Waals surface area (Å²) in [5.74, 6) is -0.831. The average molecular weight is 249 g/mol. The van der Waals surface area contributed by atoms with Crippen LogP contribution in [0, 0.1) is 0 Å². The van der Waals surface area contributed by atoms with Crippen LogP contribution in [0.2, 0.25) is 0 Å². The third-order valence-corrected chi connectivity index (χ3v) is 2.96. The van der Waals surface area contributed by atoms with Gasteiger partial charge in [0.05, 0.1) is 6.04 Å². The number of carbonyl (C=O) groups is 2. The van der Waals surface area contributed by atoms with E-state index in [0.29, 0.717) is 6.42 Å². The van der Waals surface area contributed by atoms with Crippen molar-refractivity contribution in [1.82, 2.24) is 4.90 Å². The lowest BCUT2D eigenvalue weighted by Gasteiger charge is -2.25. The third-order valence-electron chi connectivity index (χ3n) is 2.96. The van der Waals surface area contributed by atoms with E-state index < -0.39 is 18.0 Å². The van der Waals surface area contributed by atoms with Crippen LogP contribution < -0.4 is 11.5 Å². The highest BCUT2D eigenvalue weighted by Crippen LogP contribution is 2.05. The van der Waals surface area contributed by atoms with Crippen molar-refractivity contribution < 1.29 is 9.59 Å². The summed E-state index contributed by atoms with van der Waals surface area (Å²) in [4.78, 5) is 24.3. The molecular weight excluding hydrogens is 230 g/mol. The summed E-state index contributed by atoms with van der Waals surface area (Å²) in [5, 5.41) is 0. The number of nitrogens with two attached hydrogens (primary N) is 2.